The molecule has 1 atom stereocenters. The van der Waals surface area contributed by atoms with Crippen LogP contribution in [0.15, 0.2) is 12.3 Å². The molecule has 1 aromatic heterocycles. The zero-order valence-electron chi connectivity index (χ0n) is 9.97. The lowest BCUT2D eigenvalue weighted by atomic mass is 9.98. The van der Waals surface area contributed by atoms with Gasteiger partial charge in [0.05, 0.1) is 16.5 Å². The summed E-state index contributed by atoms with van der Waals surface area (Å²) in [6, 6.07) is 1.45. The van der Waals surface area contributed by atoms with Crippen molar-refractivity contribution >= 4 is 35.1 Å². The number of carboxylic acids is 1. The Balaban J connectivity index is 2.14. The summed E-state index contributed by atoms with van der Waals surface area (Å²) in [7, 11) is 0. The standard InChI is InChI=1S/C12H12Cl2N2O3/c13-9-4-8(5-15-10(9)14)11(17)16-3-1-2-7(6-16)12(18)19/h4-5,7H,1-3,6H2,(H,18,19)/t7-/m1/s1. The second kappa shape index (κ2) is 5.75. The molecule has 1 aliphatic heterocycles. The van der Waals surface area contributed by atoms with Gasteiger partial charge >= 0.3 is 5.97 Å². The first-order valence-electron chi connectivity index (χ1n) is 5.82. The molecule has 0 radical (unpaired) electrons. The van der Waals surface area contributed by atoms with Crippen LogP contribution in [0.2, 0.25) is 10.2 Å². The van der Waals surface area contributed by atoms with Gasteiger partial charge in [-0.05, 0) is 18.9 Å². The van der Waals surface area contributed by atoms with E-state index in [0.29, 0.717) is 24.9 Å². The maximum atomic E-state index is 12.2. The molecule has 0 spiro atoms. The fraction of sp³-hybridized carbons (Fsp3) is 0.417. The number of carboxylic acid groups (broad SMARTS) is 1. The lowest BCUT2D eigenvalue weighted by Crippen LogP contribution is -2.42. The van der Waals surface area contributed by atoms with Crippen molar-refractivity contribution < 1.29 is 14.7 Å². The summed E-state index contributed by atoms with van der Waals surface area (Å²) in [6.45, 7) is 0.761. The molecule has 5 nitrogen and oxygen atoms in total. The predicted molar refractivity (Wildman–Crippen MR) is 70.5 cm³/mol. The van der Waals surface area contributed by atoms with E-state index in [9.17, 15) is 9.59 Å². The van der Waals surface area contributed by atoms with Crippen LogP contribution < -0.4 is 0 Å². The van der Waals surface area contributed by atoms with Crippen molar-refractivity contribution in [3.05, 3.63) is 28.0 Å². The van der Waals surface area contributed by atoms with E-state index in [-0.39, 0.29) is 22.6 Å². The summed E-state index contributed by atoms with van der Waals surface area (Å²) in [5.41, 5.74) is 0.320. The number of amides is 1. The molecule has 0 unspecified atom stereocenters. The van der Waals surface area contributed by atoms with E-state index >= 15 is 0 Å². The summed E-state index contributed by atoms with van der Waals surface area (Å²) in [5.74, 6) is -1.64. The number of hydrogen-bond donors (Lipinski definition) is 1. The van der Waals surface area contributed by atoms with Gasteiger partial charge in [0, 0.05) is 19.3 Å². The minimum absolute atomic E-state index is 0.139. The Hall–Kier alpha value is -1.33. The van der Waals surface area contributed by atoms with Crippen LogP contribution in [0.5, 0.6) is 0 Å². The molecule has 0 saturated carbocycles. The Bertz CT molecular complexity index is 522. The first-order valence-corrected chi connectivity index (χ1v) is 6.57. The third-order valence-electron chi connectivity index (χ3n) is 3.10. The molecule has 0 aromatic carbocycles. The highest BCUT2D eigenvalue weighted by atomic mass is 35.5. The van der Waals surface area contributed by atoms with Crippen molar-refractivity contribution in [3.8, 4) is 0 Å². The van der Waals surface area contributed by atoms with E-state index in [1.54, 1.807) is 0 Å². The second-order valence-corrected chi connectivity index (χ2v) is 5.19. The van der Waals surface area contributed by atoms with Crippen molar-refractivity contribution in [2.24, 2.45) is 5.92 Å². The van der Waals surface area contributed by atoms with Gasteiger partial charge in [0.15, 0.2) is 0 Å². The molecule has 7 heteroatoms. The summed E-state index contributed by atoms with van der Waals surface area (Å²) in [4.78, 5) is 28.5. The largest absolute Gasteiger partial charge is 0.481 e. The topological polar surface area (TPSA) is 70.5 Å². The van der Waals surface area contributed by atoms with E-state index in [4.69, 9.17) is 28.3 Å². The molecule has 1 fully saturated rings. The fourth-order valence-corrected chi connectivity index (χ4v) is 2.35. The monoisotopic (exact) mass is 302 g/mol. The molecule has 1 N–H and O–H groups in total. The van der Waals surface area contributed by atoms with Crippen LogP contribution in [0.3, 0.4) is 0 Å². The number of halogens is 2. The van der Waals surface area contributed by atoms with E-state index in [2.05, 4.69) is 4.98 Å². The fourth-order valence-electron chi connectivity index (χ4n) is 2.08. The minimum atomic E-state index is -0.871. The van der Waals surface area contributed by atoms with E-state index < -0.39 is 11.9 Å². The molecule has 2 rings (SSSR count). The van der Waals surface area contributed by atoms with Gasteiger partial charge < -0.3 is 10.0 Å². The highest BCUT2D eigenvalue weighted by Crippen LogP contribution is 2.23. The van der Waals surface area contributed by atoms with Gasteiger partial charge in [-0.2, -0.15) is 0 Å². The van der Waals surface area contributed by atoms with Crippen LogP contribution in [0.4, 0.5) is 0 Å². The molecule has 1 amide bonds. The highest BCUT2D eigenvalue weighted by molar-refractivity contribution is 6.41. The van der Waals surface area contributed by atoms with Crippen LogP contribution in [0.1, 0.15) is 23.2 Å². The molecular weight excluding hydrogens is 291 g/mol. The molecule has 0 aliphatic carbocycles. The molecule has 1 aliphatic rings. The van der Waals surface area contributed by atoms with Gasteiger partial charge in [0.1, 0.15) is 5.15 Å². The maximum Gasteiger partial charge on any atom is 0.308 e. The van der Waals surface area contributed by atoms with E-state index in [1.165, 1.54) is 17.2 Å². The van der Waals surface area contributed by atoms with Crippen LogP contribution >= 0.6 is 23.2 Å². The molecular formula is C12H12Cl2N2O3. The van der Waals surface area contributed by atoms with Crippen molar-refractivity contribution in [1.29, 1.82) is 0 Å². The lowest BCUT2D eigenvalue weighted by Gasteiger charge is -2.30. The molecule has 102 valence electrons. The summed E-state index contributed by atoms with van der Waals surface area (Å²) in [5, 5.41) is 9.35. The number of hydrogen-bond acceptors (Lipinski definition) is 3. The Labute approximate surface area is 120 Å². The number of pyridine rings is 1. The maximum absolute atomic E-state index is 12.2. The van der Waals surface area contributed by atoms with Gasteiger partial charge in [-0.3, -0.25) is 9.59 Å². The van der Waals surface area contributed by atoms with Gasteiger partial charge in [-0.15, -0.1) is 0 Å². The lowest BCUT2D eigenvalue weighted by molar-refractivity contribution is -0.143. The average Bonchev–Trinajstić information content (AvgIpc) is 2.41. The zero-order valence-corrected chi connectivity index (χ0v) is 11.5. The molecule has 0 bridgehead atoms. The van der Waals surface area contributed by atoms with Crippen molar-refractivity contribution in [1.82, 2.24) is 9.88 Å². The first kappa shape index (κ1) is 14.1. The SMILES string of the molecule is O=C(O)[C@@H]1CCCN(C(=O)c2cnc(Cl)c(Cl)c2)C1. The number of carbonyl (C=O) groups is 2. The summed E-state index contributed by atoms with van der Waals surface area (Å²) >= 11 is 11.5. The quantitative estimate of drug-likeness (QED) is 0.851. The normalized spacial score (nSPS) is 19.3. The number of rotatable bonds is 2. The first-order chi connectivity index (χ1) is 8.99. The van der Waals surface area contributed by atoms with Gasteiger partial charge in [-0.1, -0.05) is 23.2 Å². The van der Waals surface area contributed by atoms with Crippen LogP contribution in [0, 0.1) is 5.92 Å². The third kappa shape index (κ3) is 3.16. The Morgan fingerprint density at radius 3 is 2.79 bits per heavy atom. The Kier molecular flexibility index (Phi) is 4.27. The second-order valence-electron chi connectivity index (χ2n) is 4.43. The van der Waals surface area contributed by atoms with E-state index in [1.807, 2.05) is 0 Å². The molecule has 19 heavy (non-hydrogen) atoms. The van der Waals surface area contributed by atoms with Crippen molar-refractivity contribution in [2.75, 3.05) is 13.1 Å². The van der Waals surface area contributed by atoms with Crippen LogP contribution in [-0.2, 0) is 4.79 Å². The van der Waals surface area contributed by atoms with E-state index in [0.717, 1.165) is 0 Å². The van der Waals surface area contributed by atoms with Crippen LogP contribution in [0.25, 0.3) is 0 Å². The van der Waals surface area contributed by atoms with Gasteiger partial charge in [0.25, 0.3) is 5.91 Å². The van der Waals surface area contributed by atoms with Gasteiger partial charge in [0.2, 0.25) is 0 Å². The Morgan fingerprint density at radius 1 is 1.42 bits per heavy atom. The van der Waals surface area contributed by atoms with Gasteiger partial charge in [-0.25, -0.2) is 4.98 Å². The number of piperidine rings is 1. The average molecular weight is 303 g/mol. The number of aromatic nitrogens is 1. The number of nitrogens with zero attached hydrogens (tertiary/aromatic N) is 2. The Morgan fingerprint density at radius 2 is 2.16 bits per heavy atom. The smallest absolute Gasteiger partial charge is 0.308 e. The minimum Gasteiger partial charge on any atom is -0.481 e. The number of carbonyl (C=O) groups excluding carboxylic acids is 1. The third-order valence-corrected chi connectivity index (χ3v) is 3.79. The number of likely N-dealkylation sites (tertiary alicyclic amines) is 1. The van der Waals surface area contributed by atoms with Crippen molar-refractivity contribution in [3.63, 3.8) is 0 Å². The highest BCUT2D eigenvalue weighted by Gasteiger charge is 2.28. The summed E-state index contributed by atoms with van der Waals surface area (Å²) in [6.07, 6.45) is 2.62. The van der Waals surface area contributed by atoms with Crippen molar-refractivity contribution in [2.45, 2.75) is 12.8 Å². The molecule has 1 saturated heterocycles. The van der Waals surface area contributed by atoms with Crippen LogP contribution in [-0.4, -0.2) is 40.0 Å². The molecule has 1 aromatic rings. The predicted octanol–water partition coefficient (Wildman–Crippen LogP) is 2.33. The zero-order chi connectivity index (χ0) is 14.0. The molecule has 2 heterocycles. The summed E-state index contributed by atoms with van der Waals surface area (Å²) < 4.78 is 0. The number of aliphatic carboxylic acids is 1.